The van der Waals surface area contributed by atoms with Crippen LogP contribution < -0.4 is 10.5 Å². The van der Waals surface area contributed by atoms with E-state index in [1.165, 1.54) is 7.11 Å². The number of ether oxygens (including phenoxy) is 2. The number of halogens is 1. The van der Waals surface area contributed by atoms with Gasteiger partial charge in [0.25, 0.3) is 5.91 Å². The van der Waals surface area contributed by atoms with Crippen molar-refractivity contribution in [3.05, 3.63) is 63.7 Å². The Morgan fingerprint density at radius 1 is 1.25 bits per heavy atom. The first kappa shape index (κ1) is 18.3. The average molecular weight is 348 g/mol. The quantitative estimate of drug-likeness (QED) is 0.862. The molecule has 5 heteroatoms. The van der Waals surface area contributed by atoms with Crippen molar-refractivity contribution < 1.29 is 14.3 Å². The van der Waals surface area contributed by atoms with E-state index in [4.69, 9.17) is 26.8 Å². The second kappa shape index (κ2) is 7.24. The van der Waals surface area contributed by atoms with Crippen LogP contribution in [0.4, 0.5) is 0 Å². The molecule has 1 unspecified atom stereocenters. The summed E-state index contributed by atoms with van der Waals surface area (Å²) in [5.41, 5.74) is 7.69. The molecule has 2 aromatic rings. The predicted molar refractivity (Wildman–Crippen MR) is 95.3 cm³/mol. The Hall–Kier alpha value is -2.04. The number of nitrogens with two attached hydrogens (primary N) is 1. The fourth-order valence-corrected chi connectivity index (χ4v) is 2.74. The van der Waals surface area contributed by atoms with E-state index in [9.17, 15) is 4.79 Å². The number of methoxy groups -OCH3 is 1. The molecule has 0 saturated carbocycles. The molecule has 128 valence electrons. The molecule has 0 radical (unpaired) electrons. The van der Waals surface area contributed by atoms with Gasteiger partial charge in [-0.2, -0.15) is 0 Å². The van der Waals surface area contributed by atoms with Crippen molar-refractivity contribution in [1.82, 2.24) is 0 Å². The number of benzene rings is 2. The van der Waals surface area contributed by atoms with Gasteiger partial charge in [0.05, 0.1) is 0 Å². The molecule has 24 heavy (non-hydrogen) atoms. The molecule has 0 saturated heterocycles. The lowest BCUT2D eigenvalue weighted by molar-refractivity contribution is -0.139. The molecule has 0 spiro atoms. The van der Waals surface area contributed by atoms with Crippen molar-refractivity contribution in [2.75, 3.05) is 7.11 Å². The Labute approximate surface area is 147 Å². The Balaban J connectivity index is 2.40. The standard InChI is InChI=1S/C19H22ClNO3/c1-12-8-9-13(2)17(10-12)24-11-14-15(6-5-7-16(14)20)19(3,23-4)18(21)22/h5-10H,11H2,1-4H3,(H2,21,22). The summed E-state index contributed by atoms with van der Waals surface area (Å²) in [7, 11) is 1.45. The monoisotopic (exact) mass is 347 g/mol. The summed E-state index contributed by atoms with van der Waals surface area (Å²) in [6.45, 7) is 5.82. The number of hydrogen-bond acceptors (Lipinski definition) is 3. The third-order valence-corrected chi connectivity index (χ3v) is 4.58. The molecule has 2 aromatic carbocycles. The molecule has 0 aliphatic rings. The number of aryl methyl sites for hydroxylation is 2. The average Bonchev–Trinajstić information content (AvgIpc) is 2.55. The zero-order chi connectivity index (χ0) is 17.9. The minimum atomic E-state index is -1.27. The maximum Gasteiger partial charge on any atom is 0.254 e. The molecule has 0 fully saturated rings. The normalized spacial score (nSPS) is 13.4. The minimum Gasteiger partial charge on any atom is -0.489 e. The number of rotatable bonds is 6. The maximum atomic E-state index is 11.9. The number of hydrogen-bond donors (Lipinski definition) is 1. The number of amides is 1. The molecule has 1 amide bonds. The highest BCUT2D eigenvalue weighted by Gasteiger charge is 2.36. The van der Waals surface area contributed by atoms with Gasteiger partial charge in [-0.1, -0.05) is 35.9 Å². The van der Waals surface area contributed by atoms with E-state index in [0.717, 1.165) is 16.9 Å². The summed E-state index contributed by atoms with van der Waals surface area (Å²) in [6.07, 6.45) is 0. The SMILES string of the molecule is COC(C)(C(N)=O)c1cccc(Cl)c1COc1cc(C)ccc1C. The fraction of sp³-hybridized carbons (Fsp3) is 0.316. The van der Waals surface area contributed by atoms with E-state index in [1.807, 2.05) is 32.0 Å². The third-order valence-electron chi connectivity index (χ3n) is 4.23. The van der Waals surface area contributed by atoms with Gasteiger partial charge in [-0.3, -0.25) is 4.79 Å². The van der Waals surface area contributed by atoms with E-state index < -0.39 is 11.5 Å². The van der Waals surface area contributed by atoms with Gasteiger partial charge < -0.3 is 15.2 Å². The van der Waals surface area contributed by atoms with Gasteiger partial charge in [-0.15, -0.1) is 0 Å². The van der Waals surface area contributed by atoms with Crippen molar-refractivity contribution in [1.29, 1.82) is 0 Å². The topological polar surface area (TPSA) is 61.5 Å². The van der Waals surface area contributed by atoms with Crippen LogP contribution in [0.1, 0.15) is 29.2 Å². The first-order valence-corrected chi connectivity index (χ1v) is 8.00. The van der Waals surface area contributed by atoms with Crippen LogP contribution in [0, 0.1) is 13.8 Å². The van der Waals surface area contributed by atoms with Crippen molar-refractivity contribution in [2.24, 2.45) is 5.73 Å². The minimum absolute atomic E-state index is 0.214. The van der Waals surface area contributed by atoms with Crippen LogP contribution in [-0.2, 0) is 21.7 Å². The summed E-state index contributed by atoms with van der Waals surface area (Å²) in [4.78, 5) is 11.9. The first-order valence-electron chi connectivity index (χ1n) is 7.62. The number of primary amides is 1. The third kappa shape index (κ3) is 3.55. The Morgan fingerprint density at radius 3 is 2.58 bits per heavy atom. The van der Waals surface area contributed by atoms with E-state index in [0.29, 0.717) is 16.1 Å². The van der Waals surface area contributed by atoms with Crippen LogP contribution in [0.2, 0.25) is 5.02 Å². The second-order valence-electron chi connectivity index (χ2n) is 5.93. The van der Waals surface area contributed by atoms with Crippen LogP contribution >= 0.6 is 11.6 Å². The molecule has 0 bridgehead atoms. The molecule has 1 atom stereocenters. The first-order chi connectivity index (χ1) is 11.3. The molecule has 0 aliphatic heterocycles. The summed E-state index contributed by atoms with van der Waals surface area (Å²) in [6, 6.07) is 11.3. The predicted octanol–water partition coefficient (Wildman–Crippen LogP) is 3.88. The highest BCUT2D eigenvalue weighted by Crippen LogP contribution is 2.33. The highest BCUT2D eigenvalue weighted by molar-refractivity contribution is 6.31. The lowest BCUT2D eigenvalue weighted by Crippen LogP contribution is -2.41. The molecular weight excluding hydrogens is 326 g/mol. The van der Waals surface area contributed by atoms with E-state index in [1.54, 1.807) is 25.1 Å². The van der Waals surface area contributed by atoms with E-state index in [2.05, 4.69) is 0 Å². The van der Waals surface area contributed by atoms with Crippen LogP contribution in [0.3, 0.4) is 0 Å². The lowest BCUT2D eigenvalue weighted by atomic mass is 9.90. The maximum absolute atomic E-state index is 11.9. The van der Waals surface area contributed by atoms with Crippen LogP contribution in [0.25, 0.3) is 0 Å². The van der Waals surface area contributed by atoms with Gasteiger partial charge in [0.2, 0.25) is 0 Å². The Bertz CT molecular complexity index is 760. The van der Waals surface area contributed by atoms with Crippen molar-refractivity contribution in [3.8, 4) is 5.75 Å². The second-order valence-corrected chi connectivity index (χ2v) is 6.33. The number of carbonyl (C=O) groups excluding carboxylic acids is 1. The molecule has 0 aromatic heterocycles. The molecule has 2 rings (SSSR count). The largest absolute Gasteiger partial charge is 0.489 e. The summed E-state index contributed by atoms with van der Waals surface area (Å²) < 4.78 is 11.3. The van der Waals surface area contributed by atoms with Gasteiger partial charge in [0, 0.05) is 23.3 Å². The number of carbonyl (C=O) groups is 1. The zero-order valence-electron chi connectivity index (χ0n) is 14.4. The summed E-state index contributed by atoms with van der Waals surface area (Å²) >= 11 is 6.35. The Kier molecular flexibility index (Phi) is 5.52. The van der Waals surface area contributed by atoms with Gasteiger partial charge >= 0.3 is 0 Å². The van der Waals surface area contributed by atoms with Gasteiger partial charge in [0.1, 0.15) is 12.4 Å². The summed E-state index contributed by atoms with van der Waals surface area (Å²) in [5.74, 6) is 0.194. The van der Waals surface area contributed by atoms with Gasteiger partial charge in [-0.05, 0) is 44.0 Å². The molecule has 4 nitrogen and oxygen atoms in total. The van der Waals surface area contributed by atoms with Gasteiger partial charge in [0.15, 0.2) is 5.60 Å². The van der Waals surface area contributed by atoms with Crippen LogP contribution in [0.5, 0.6) is 5.75 Å². The molecule has 2 N–H and O–H groups in total. The Morgan fingerprint density at radius 2 is 1.96 bits per heavy atom. The zero-order valence-corrected chi connectivity index (χ0v) is 15.1. The van der Waals surface area contributed by atoms with E-state index >= 15 is 0 Å². The summed E-state index contributed by atoms with van der Waals surface area (Å²) in [5, 5.41) is 0.502. The molecule has 0 aliphatic carbocycles. The molecular formula is C19H22ClNO3. The van der Waals surface area contributed by atoms with Crippen molar-refractivity contribution in [2.45, 2.75) is 33.0 Å². The van der Waals surface area contributed by atoms with Crippen molar-refractivity contribution in [3.63, 3.8) is 0 Å². The fourth-order valence-electron chi connectivity index (χ4n) is 2.51. The van der Waals surface area contributed by atoms with E-state index in [-0.39, 0.29) is 6.61 Å². The van der Waals surface area contributed by atoms with Crippen LogP contribution in [0.15, 0.2) is 36.4 Å². The van der Waals surface area contributed by atoms with Gasteiger partial charge in [-0.25, -0.2) is 0 Å². The molecule has 0 heterocycles. The smallest absolute Gasteiger partial charge is 0.254 e. The highest BCUT2D eigenvalue weighted by atomic mass is 35.5. The van der Waals surface area contributed by atoms with Crippen molar-refractivity contribution >= 4 is 17.5 Å². The van der Waals surface area contributed by atoms with Crippen LogP contribution in [-0.4, -0.2) is 13.0 Å². The lowest BCUT2D eigenvalue weighted by Gasteiger charge is -2.28.